The molecule has 1 aromatic rings. The highest BCUT2D eigenvalue weighted by atomic mass is 127. The lowest BCUT2D eigenvalue weighted by Gasteiger charge is -2.43. The van der Waals surface area contributed by atoms with Crippen LogP contribution in [0.15, 0.2) is 12.1 Å². The number of piperazine rings is 1. The lowest BCUT2D eigenvalue weighted by Crippen LogP contribution is -2.47. The first kappa shape index (κ1) is 21.0. The van der Waals surface area contributed by atoms with E-state index >= 15 is 0 Å². The molecule has 0 radical (unpaired) electrons. The molecule has 2 aliphatic rings. The van der Waals surface area contributed by atoms with Gasteiger partial charge < -0.3 is 10.4 Å². The van der Waals surface area contributed by atoms with Crippen LogP contribution in [0.5, 0.6) is 5.75 Å². The molecule has 22 heavy (non-hydrogen) atoms. The van der Waals surface area contributed by atoms with Gasteiger partial charge in [-0.05, 0) is 81.6 Å². The maximum atomic E-state index is 9.99. The van der Waals surface area contributed by atoms with Crippen LogP contribution in [0.25, 0.3) is 0 Å². The maximum Gasteiger partial charge on any atom is 0.142 e. The van der Waals surface area contributed by atoms with Gasteiger partial charge in [-0.3, -0.25) is 4.90 Å². The lowest BCUT2D eigenvalue weighted by molar-refractivity contribution is 0.0836. The number of hydrogen-bond donors (Lipinski definition) is 2. The summed E-state index contributed by atoms with van der Waals surface area (Å²) in [6, 6.07) is 4.90. The Balaban J connectivity index is 0.00000121. The SMILES string of the molecule is Cl.Cl.Oc1c(I)cc([C@@H](C2CCC2)N2CCNCC2)cc1I. The minimum absolute atomic E-state index is 0. The zero-order valence-electron chi connectivity index (χ0n) is 12.2. The van der Waals surface area contributed by atoms with Crippen molar-refractivity contribution in [3.05, 3.63) is 24.8 Å². The van der Waals surface area contributed by atoms with E-state index in [4.69, 9.17) is 0 Å². The molecule has 1 atom stereocenters. The Bertz CT molecular complexity index is 471. The van der Waals surface area contributed by atoms with Crippen molar-refractivity contribution < 1.29 is 5.11 Å². The van der Waals surface area contributed by atoms with Gasteiger partial charge in [-0.2, -0.15) is 0 Å². The molecule has 1 heterocycles. The Hall–Kier alpha value is 0.980. The van der Waals surface area contributed by atoms with Crippen molar-refractivity contribution in [3.8, 4) is 5.75 Å². The monoisotopic (exact) mass is 570 g/mol. The fraction of sp³-hybridized carbons (Fsp3) is 0.600. The zero-order chi connectivity index (χ0) is 14.1. The van der Waals surface area contributed by atoms with E-state index in [0.29, 0.717) is 11.8 Å². The standard InChI is InChI=1S/C15H20I2N2O.2ClH/c16-12-8-11(9-13(17)15(12)20)14(10-2-1-3-10)19-6-4-18-5-7-19;;/h8-10,14,18,20H,1-7H2;2*1H/t14-;;/m1../s1. The maximum absolute atomic E-state index is 9.99. The molecule has 0 aromatic heterocycles. The third-order valence-corrected chi connectivity index (χ3v) is 6.17. The van der Waals surface area contributed by atoms with Gasteiger partial charge in [0.1, 0.15) is 5.75 Å². The summed E-state index contributed by atoms with van der Waals surface area (Å²) >= 11 is 4.50. The van der Waals surface area contributed by atoms with Crippen LogP contribution in [0.2, 0.25) is 0 Å². The van der Waals surface area contributed by atoms with Crippen LogP contribution in [0, 0.1) is 13.1 Å². The number of hydrogen-bond acceptors (Lipinski definition) is 3. The van der Waals surface area contributed by atoms with Crippen molar-refractivity contribution in [2.75, 3.05) is 26.2 Å². The topological polar surface area (TPSA) is 35.5 Å². The molecule has 1 aliphatic carbocycles. The van der Waals surface area contributed by atoms with Crippen molar-refractivity contribution in [2.24, 2.45) is 5.92 Å². The van der Waals surface area contributed by atoms with Crippen LogP contribution in [-0.2, 0) is 0 Å². The van der Waals surface area contributed by atoms with Crippen molar-refractivity contribution in [3.63, 3.8) is 0 Å². The number of rotatable bonds is 3. The third kappa shape index (κ3) is 4.53. The summed E-state index contributed by atoms with van der Waals surface area (Å²) in [6.45, 7) is 4.45. The smallest absolute Gasteiger partial charge is 0.142 e. The summed E-state index contributed by atoms with van der Waals surface area (Å²) in [6.07, 6.45) is 4.07. The van der Waals surface area contributed by atoms with E-state index < -0.39 is 0 Å². The normalized spacial score (nSPS) is 20.5. The second-order valence-electron chi connectivity index (χ2n) is 5.75. The highest BCUT2D eigenvalue weighted by Gasteiger charge is 2.34. The number of nitrogens with zero attached hydrogens (tertiary/aromatic N) is 1. The molecule has 126 valence electrons. The van der Waals surface area contributed by atoms with Gasteiger partial charge in [0.2, 0.25) is 0 Å². The first-order valence-electron chi connectivity index (χ1n) is 7.29. The van der Waals surface area contributed by atoms with Crippen LogP contribution < -0.4 is 5.32 Å². The molecule has 0 unspecified atom stereocenters. The number of phenols is 1. The fourth-order valence-electron chi connectivity index (χ4n) is 3.25. The van der Waals surface area contributed by atoms with E-state index in [2.05, 4.69) is 67.5 Å². The summed E-state index contributed by atoms with van der Waals surface area (Å²) in [5, 5.41) is 13.4. The molecule has 1 aromatic carbocycles. The molecule has 0 amide bonds. The highest BCUT2D eigenvalue weighted by molar-refractivity contribution is 14.1. The number of aromatic hydroxyl groups is 1. The second-order valence-corrected chi connectivity index (χ2v) is 8.08. The average molecular weight is 571 g/mol. The van der Waals surface area contributed by atoms with Crippen LogP contribution in [-0.4, -0.2) is 36.2 Å². The van der Waals surface area contributed by atoms with Crippen molar-refractivity contribution in [1.82, 2.24) is 10.2 Å². The Labute approximate surface area is 172 Å². The molecule has 1 aliphatic heterocycles. The van der Waals surface area contributed by atoms with Gasteiger partial charge in [0.05, 0.1) is 7.14 Å². The molecule has 1 saturated carbocycles. The number of benzene rings is 1. The van der Waals surface area contributed by atoms with Crippen LogP contribution in [0.1, 0.15) is 30.9 Å². The molecule has 2 fully saturated rings. The Kier molecular flexibility index (Phi) is 9.04. The van der Waals surface area contributed by atoms with Crippen LogP contribution in [0.3, 0.4) is 0 Å². The molecule has 0 spiro atoms. The quantitative estimate of drug-likeness (QED) is 0.535. The van der Waals surface area contributed by atoms with Gasteiger partial charge in [-0.25, -0.2) is 0 Å². The molecule has 3 nitrogen and oxygen atoms in total. The predicted octanol–water partition coefficient (Wildman–Crippen LogP) is 4.19. The van der Waals surface area contributed by atoms with Gasteiger partial charge in [-0.1, -0.05) is 6.42 Å². The van der Waals surface area contributed by atoms with Gasteiger partial charge in [-0.15, -0.1) is 24.8 Å². The molecule has 1 saturated heterocycles. The molecule has 0 bridgehead atoms. The summed E-state index contributed by atoms with van der Waals surface area (Å²) in [5.41, 5.74) is 1.39. The first-order valence-corrected chi connectivity index (χ1v) is 9.45. The van der Waals surface area contributed by atoms with Gasteiger partial charge in [0.15, 0.2) is 0 Å². The number of phenolic OH excluding ortho intramolecular Hbond substituents is 1. The Morgan fingerprint density at radius 3 is 2.09 bits per heavy atom. The fourth-order valence-corrected chi connectivity index (χ4v) is 5.07. The minimum atomic E-state index is 0. The van der Waals surface area contributed by atoms with Gasteiger partial charge >= 0.3 is 0 Å². The summed E-state index contributed by atoms with van der Waals surface area (Å²) in [4.78, 5) is 2.64. The lowest BCUT2D eigenvalue weighted by atomic mass is 9.76. The minimum Gasteiger partial charge on any atom is -0.506 e. The average Bonchev–Trinajstić information content (AvgIpc) is 2.40. The van der Waals surface area contributed by atoms with E-state index in [-0.39, 0.29) is 24.8 Å². The molecular weight excluding hydrogens is 549 g/mol. The zero-order valence-corrected chi connectivity index (χ0v) is 18.2. The predicted molar refractivity (Wildman–Crippen MR) is 113 cm³/mol. The Morgan fingerprint density at radius 2 is 1.64 bits per heavy atom. The van der Waals surface area contributed by atoms with E-state index in [0.717, 1.165) is 39.2 Å². The van der Waals surface area contributed by atoms with Crippen molar-refractivity contribution >= 4 is 70.0 Å². The second kappa shape index (κ2) is 9.46. The summed E-state index contributed by atoms with van der Waals surface area (Å²) < 4.78 is 1.95. The number of halogens is 4. The third-order valence-electron chi connectivity index (χ3n) is 4.52. The number of nitrogens with one attached hydrogen (secondary N) is 1. The van der Waals surface area contributed by atoms with E-state index in [1.165, 1.54) is 24.8 Å². The summed E-state index contributed by atoms with van der Waals surface area (Å²) in [5.74, 6) is 1.23. The summed E-state index contributed by atoms with van der Waals surface area (Å²) in [7, 11) is 0. The van der Waals surface area contributed by atoms with Gasteiger partial charge in [0.25, 0.3) is 0 Å². The van der Waals surface area contributed by atoms with E-state index in [9.17, 15) is 5.11 Å². The van der Waals surface area contributed by atoms with Gasteiger partial charge in [0, 0.05) is 32.2 Å². The van der Waals surface area contributed by atoms with Crippen molar-refractivity contribution in [2.45, 2.75) is 25.3 Å². The van der Waals surface area contributed by atoms with Crippen LogP contribution in [0.4, 0.5) is 0 Å². The molecular formula is C15H22Cl2I2N2O. The molecule has 7 heteroatoms. The highest BCUT2D eigenvalue weighted by Crippen LogP contribution is 2.43. The Morgan fingerprint density at radius 1 is 1.09 bits per heavy atom. The largest absolute Gasteiger partial charge is 0.506 e. The van der Waals surface area contributed by atoms with E-state index in [1.807, 2.05) is 0 Å². The van der Waals surface area contributed by atoms with Crippen LogP contribution >= 0.6 is 70.0 Å². The first-order chi connectivity index (χ1) is 9.66. The van der Waals surface area contributed by atoms with E-state index in [1.54, 1.807) is 0 Å². The molecule has 2 N–H and O–H groups in total. The molecule has 3 rings (SSSR count). The van der Waals surface area contributed by atoms with Crippen molar-refractivity contribution in [1.29, 1.82) is 0 Å².